The predicted octanol–water partition coefficient (Wildman–Crippen LogP) is 1.90. The van der Waals surface area contributed by atoms with Gasteiger partial charge in [-0.1, -0.05) is 6.07 Å². The molecule has 1 aromatic rings. The Morgan fingerprint density at radius 2 is 2.21 bits per heavy atom. The summed E-state index contributed by atoms with van der Waals surface area (Å²) in [5, 5.41) is 0. The van der Waals surface area contributed by atoms with Crippen LogP contribution >= 0.6 is 8.03 Å². The van der Waals surface area contributed by atoms with E-state index in [0.717, 1.165) is 5.56 Å². The molecule has 0 saturated heterocycles. The Balaban J connectivity index is 2.74. The number of hydrogen-bond donors (Lipinski definition) is 1. The van der Waals surface area contributed by atoms with Gasteiger partial charge in [0.2, 0.25) is 0 Å². The standard InChI is InChI=1S/C9H14NO3P/c1-12-9-5-7(3-4-8(9)10)6-13-14(2)11/h3-5,14H,6,10H2,1-2H3. The van der Waals surface area contributed by atoms with E-state index in [1.165, 1.54) is 0 Å². The van der Waals surface area contributed by atoms with Crippen LogP contribution in [0.25, 0.3) is 0 Å². The highest BCUT2D eigenvalue weighted by Gasteiger charge is 2.01. The molecule has 0 aromatic heterocycles. The summed E-state index contributed by atoms with van der Waals surface area (Å²) < 4.78 is 20.8. The average molecular weight is 215 g/mol. The summed E-state index contributed by atoms with van der Waals surface area (Å²) in [5.74, 6) is 0.613. The van der Waals surface area contributed by atoms with Crippen LogP contribution in [-0.2, 0) is 15.7 Å². The van der Waals surface area contributed by atoms with Crippen molar-refractivity contribution < 1.29 is 13.8 Å². The number of benzene rings is 1. The van der Waals surface area contributed by atoms with E-state index in [1.807, 2.05) is 6.07 Å². The first-order valence-electron chi connectivity index (χ1n) is 4.19. The molecule has 0 amide bonds. The van der Waals surface area contributed by atoms with Crippen LogP contribution in [0, 0.1) is 0 Å². The zero-order valence-electron chi connectivity index (χ0n) is 8.24. The van der Waals surface area contributed by atoms with Crippen molar-refractivity contribution in [3.63, 3.8) is 0 Å². The molecule has 5 heteroatoms. The first-order chi connectivity index (χ1) is 6.63. The quantitative estimate of drug-likeness (QED) is 0.615. The van der Waals surface area contributed by atoms with E-state index in [1.54, 1.807) is 25.9 Å². The topological polar surface area (TPSA) is 61.5 Å². The number of methoxy groups -OCH3 is 1. The van der Waals surface area contributed by atoms with Crippen LogP contribution in [-0.4, -0.2) is 13.8 Å². The second-order valence-corrected chi connectivity index (χ2v) is 4.13. The summed E-state index contributed by atoms with van der Waals surface area (Å²) in [6.45, 7) is 1.88. The summed E-state index contributed by atoms with van der Waals surface area (Å²) in [6, 6.07) is 5.34. The van der Waals surface area contributed by atoms with Gasteiger partial charge < -0.3 is 15.0 Å². The Hall–Kier alpha value is -0.990. The molecule has 0 bridgehead atoms. The van der Waals surface area contributed by atoms with Gasteiger partial charge in [0.1, 0.15) is 5.75 Å². The van der Waals surface area contributed by atoms with Crippen molar-refractivity contribution in [2.75, 3.05) is 19.5 Å². The molecule has 14 heavy (non-hydrogen) atoms. The van der Waals surface area contributed by atoms with E-state index in [9.17, 15) is 4.57 Å². The normalized spacial score (nSPS) is 12.4. The first-order valence-corrected chi connectivity index (χ1v) is 6.01. The van der Waals surface area contributed by atoms with Crippen LogP contribution < -0.4 is 10.5 Å². The third-order valence-corrected chi connectivity index (χ3v) is 2.29. The molecular weight excluding hydrogens is 201 g/mol. The zero-order valence-corrected chi connectivity index (χ0v) is 9.24. The van der Waals surface area contributed by atoms with Crippen molar-refractivity contribution in [1.29, 1.82) is 0 Å². The van der Waals surface area contributed by atoms with E-state index in [2.05, 4.69) is 0 Å². The van der Waals surface area contributed by atoms with Gasteiger partial charge in [0.15, 0.2) is 8.03 Å². The fourth-order valence-corrected chi connectivity index (χ4v) is 1.40. The van der Waals surface area contributed by atoms with Gasteiger partial charge in [0, 0.05) is 6.66 Å². The monoisotopic (exact) mass is 215 g/mol. The van der Waals surface area contributed by atoms with Crippen molar-refractivity contribution in [1.82, 2.24) is 0 Å². The lowest BCUT2D eigenvalue weighted by Gasteiger charge is -2.07. The van der Waals surface area contributed by atoms with Crippen LogP contribution in [0.3, 0.4) is 0 Å². The van der Waals surface area contributed by atoms with Crippen LogP contribution in [0.5, 0.6) is 5.75 Å². The van der Waals surface area contributed by atoms with Gasteiger partial charge in [-0.15, -0.1) is 0 Å². The third kappa shape index (κ3) is 3.05. The van der Waals surface area contributed by atoms with Gasteiger partial charge in [-0.3, -0.25) is 4.57 Å². The Labute approximate surface area is 83.9 Å². The number of nitrogens with two attached hydrogens (primary N) is 1. The van der Waals surface area contributed by atoms with E-state index >= 15 is 0 Å². The molecule has 2 N–H and O–H groups in total. The third-order valence-electron chi connectivity index (χ3n) is 1.74. The average Bonchev–Trinajstić information content (AvgIpc) is 2.16. The van der Waals surface area contributed by atoms with Crippen molar-refractivity contribution >= 4 is 13.7 Å². The Morgan fingerprint density at radius 3 is 2.79 bits per heavy atom. The highest BCUT2D eigenvalue weighted by Crippen LogP contribution is 2.25. The molecule has 0 spiro atoms. The van der Waals surface area contributed by atoms with Crippen LogP contribution in [0.2, 0.25) is 0 Å². The molecule has 78 valence electrons. The van der Waals surface area contributed by atoms with Crippen molar-refractivity contribution in [2.24, 2.45) is 0 Å². The number of anilines is 1. The van der Waals surface area contributed by atoms with Gasteiger partial charge in [-0.05, 0) is 17.7 Å². The summed E-state index contributed by atoms with van der Waals surface area (Å²) in [5.41, 5.74) is 7.12. The van der Waals surface area contributed by atoms with Gasteiger partial charge >= 0.3 is 0 Å². The molecule has 4 nitrogen and oxygen atoms in total. The van der Waals surface area contributed by atoms with E-state index in [4.69, 9.17) is 15.0 Å². The second kappa shape index (κ2) is 5.03. The predicted molar refractivity (Wildman–Crippen MR) is 57.1 cm³/mol. The SMILES string of the molecule is COc1cc(CO[PH](C)=O)ccc1N. The minimum Gasteiger partial charge on any atom is -0.495 e. The van der Waals surface area contributed by atoms with Crippen LogP contribution in [0.1, 0.15) is 5.56 Å². The van der Waals surface area contributed by atoms with Gasteiger partial charge in [-0.2, -0.15) is 0 Å². The lowest BCUT2D eigenvalue weighted by atomic mass is 10.2. The molecule has 0 aliphatic heterocycles. The highest BCUT2D eigenvalue weighted by molar-refractivity contribution is 7.38. The molecule has 0 aliphatic rings. The van der Waals surface area contributed by atoms with Gasteiger partial charge in [-0.25, -0.2) is 0 Å². The minimum atomic E-state index is -1.88. The minimum absolute atomic E-state index is 0.324. The maximum absolute atomic E-state index is 10.7. The largest absolute Gasteiger partial charge is 0.495 e. The molecule has 1 aromatic carbocycles. The summed E-state index contributed by atoms with van der Waals surface area (Å²) in [6.07, 6.45) is 0. The molecule has 1 unspecified atom stereocenters. The Morgan fingerprint density at radius 1 is 1.50 bits per heavy atom. The molecule has 0 radical (unpaired) electrons. The molecule has 0 heterocycles. The maximum Gasteiger partial charge on any atom is 0.188 e. The zero-order chi connectivity index (χ0) is 10.6. The molecule has 1 rings (SSSR count). The number of hydrogen-bond acceptors (Lipinski definition) is 4. The lowest BCUT2D eigenvalue weighted by Crippen LogP contribution is -1.94. The lowest BCUT2D eigenvalue weighted by molar-refractivity contribution is 0.321. The smallest absolute Gasteiger partial charge is 0.188 e. The number of ether oxygens (including phenoxy) is 1. The maximum atomic E-state index is 10.7. The molecular formula is C9H14NO3P. The summed E-state index contributed by atoms with van der Waals surface area (Å²) in [4.78, 5) is 0. The molecule has 0 saturated carbocycles. The van der Waals surface area contributed by atoms with E-state index < -0.39 is 8.03 Å². The van der Waals surface area contributed by atoms with Gasteiger partial charge in [0.05, 0.1) is 19.4 Å². The molecule has 0 aliphatic carbocycles. The summed E-state index contributed by atoms with van der Waals surface area (Å²) >= 11 is 0. The number of nitrogen functional groups attached to an aromatic ring is 1. The fraction of sp³-hybridized carbons (Fsp3) is 0.333. The van der Waals surface area contributed by atoms with Crippen LogP contribution in [0.15, 0.2) is 18.2 Å². The number of rotatable bonds is 4. The van der Waals surface area contributed by atoms with E-state index in [0.29, 0.717) is 18.0 Å². The summed E-state index contributed by atoms with van der Waals surface area (Å²) in [7, 11) is -0.329. The second-order valence-electron chi connectivity index (χ2n) is 2.86. The van der Waals surface area contributed by atoms with Crippen LogP contribution in [0.4, 0.5) is 5.69 Å². The molecule has 1 atom stereocenters. The Bertz CT molecular complexity index is 341. The van der Waals surface area contributed by atoms with Crippen molar-refractivity contribution in [3.8, 4) is 5.75 Å². The Kier molecular flexibility index (Phi) is 3.98. The van der Waals surface area contributed by atoms with Crippen molar-refractivity contribution in [2.45, 2.75) is 6.61 Å². The highest BCUT2D eigenvalue weighted by atomic mass is 31.1. The first kappa shape index (κ1) is 11.1. The molecule has 0 fully saturated rings. The fourth-order valence-electron chi connectivity index (χ4n) is 1.03. The van der Waals surface area contributed by atoms with Gasteiger partial charge in [0.25, 0.3) is 0 Å². The van der Waals surface area contributed by atoms with Crippen molar-refractivity contribution in [3.05, 3.63) is 23.8 Å². The van der Waals surface area contributed by atoms with E-state index in [-0.39, 0.29) is 0 Å².